The predicted molar refractivity (Wildman–Crippen MR) is 142 cm³/mol. The molecule has 4 nitrogen and oxygen atoms in total. The molecule has 0 aliphatic carbocycles. The molecule has 7 heteroatoms. The molecule has 0 aromatic heterocycles. The monoisotopic (exact) mass is 512 g/mol. The second kappa shape index (κ2) is 13.3. The number of aryl methyl sites for hydroxylation is 1. The number of halogens is 2. The normalized spacial score (nSPS) is 11.7. The topological polar surface area (TPSA) is 49.4 Å². The Morgan fingerprint density at radius 1 is 1.03 bits per heavy atom. The highest BCUT2D eigenvalue weighted by Gasteiger charge is 2.30. The quantitative estimate of drug-likeness (QED) is 0.353. The van der Waals surface area contributed by atoms with Gasteiger partial charge in [-0.2, -0.15) is 0 Å². The van der Waals surface area contributed by atoms with Gasteiger partial charge in [0, 0.05) is 35.8 Å². The number of likely N-dealkylation sites (N-methyl/N-ethyl adjacent to an activating group) is 1. The fourth-order valence-electron chi connectivity index (χ4n) is 3.85. The van der Waals surface area contributed by atoms with Crippen LogP contribution in [0.5, 0.6) is 0 Å². The third kappa shape index (κ3) is 7.84. The molecule has 0 aliphatic heterocycles. The minimum absolute atomic E-state index is 0.0984. The maximum Gasteiger partial charge on any atom is 0.243 e. The summed E-state index contributed by atoms with van der Waals surface area (Å²) < 4.78 is 14.2. The van der Waals surface area contributed by atoms with Crippen LogP contribution in [0.2, 0.25) is 5.02 Å². The summed E-state index contributed by atoms with van der Waals surface area (Å²) in [5, 5.41) is 3.23. The van der Waals surface area contributed by atoms with Crippen molar-refractivity contribution in [2.45, 2.75) is 38.6 Å². The summed E-state index contributed by atoms with van der Waals surface area (Å²) in [6.07, 6.45) is 0.397. The Hall–Kier alpha value is -2.83. The number of thioether (sulfide) groups is 1. The number of nitrogens with one attached hydrogen (secondary N) is 1. The minimum atomic E-state index is -0.678. The van der Waals surface area contributed by atoms with Crippen molar-refractivity contribution in [1.82, 2.24) is 10.2 Å². The van der Waals surface area contributed by atoms with E-state index in [1.54, 1.807) is 17.0 Å². The first kappa shape index (κ1) is 26.8. The van der Waals surface area contributed by atoms with Crippen molar-refractivity contribution >= 4 is 35.2 Å². The number of benzene rings is 3. The van der Waals surface area contributed by atoms with Gasteiger partial charge in [-0.15, -0.1) is 11.8 Å². The van der Waals surface area contributed by atoms with Crippen LogP contribution in [-0.4, -0.2) is 35.1 Å². The van der Waals surface area contributed by atoms with Crippen molar-refractivity contribution in [2.24, 2.45) is 0 Å². The van der Waals surface area contributed by atoms with E-state index in [1.165, 1.54) is 17.8 Å². The first-order valence-corrected chi connectivity index (χ1v) is 13.1. The van der Waals surface area contributed by atoms with Crippen molar-refractivity contribution in [1.29, 1.82) is 0 Å². The number of hydrogen-bond acceptors (Lipinski definition) is 3. The Morgan fingerprint density at radius 2 is 1.74 bits per heavy atom. The average Bonchev–Trinajstić information content (AvgIpc) is 2.84. The van der Waals surface area contributed by atoms with Gasteiger partial charge in [0.2, 0.25) is 11.8 Å². The molecular formula is C28H30ClFN2O2S. The van der Waals surface area contributed by atoms with E-state index in [1.807, 2.05) is 68.4 Å². The average molecular weight is 513 g/mol. The van der Waals surface area contributed by atoms with E-state index in [4.69, 9.17) is 11.6 Å². The van der Waals surface area contributed by atoms with Gasteiger partial charge in [-0.1, -0.05) is 77.8 Å². The zero-order chi connectivity index (χ0) is 25.2. The molecule has 184 valence electrons. The Morgan fingerprint density at radius 3 is 2.43 bits per heavy atom. The smallest absolute Gasteiger partial charge is 0.243 e. The Kier molecular flexibility index (Phi) is 10.2. The van der Waals surface area contributed by atoms with Crippen molar-refractivity contribution in [3.8, 4) is 0 Å². The lowest BCUT2D eigenvalue weighted by Gasteiger charge is -2.31. The van der Waals surface area contributed by atoms with E-state index in [0.29, 0.717) is 30.1 Å². The summed E-state index contributed by atoms with van der Waals surface area (Å²) >= 11 is 7.43. The molecule has 0 saturated carbocycles. The van der Waals surface area contributed by atoms with Gasteiger partial charge in [-0.3, -0.25) is 9.59 Å². The van der Waals surface area contributed by atoms with E-state index in [-0.39, 0.29) is 23.3 Å². The third-order valence-electron chi connectivity index (χ3n) is 5.59. The molecule has 0 radical (unpaired) electrons. The molecule has 3 aromatic carbocycles. The molecule has 3 rings (SSSR count). The van der Waals surface area contributed by atoms with Crippen molar-refractivity contribution in [3.63, 3.8) is 0 Å². The SMILES string of the molecule is CCNC(=O)C(Cc1ccccc1)N(Cc1cccc(C)c1)C(=O)CSCc1c(F)cccc1Cl. The van der Waals surface area contributed by atoms with E-state index in [9.17, 15) is 14.0 Å². The number of amides is 2. The van der Waals surface area contributed by atoms with Gasteiger partial charge < -0.3 is 10.2 Å². The fraction of sp³-hybridized carbons (Fsp3) is 0.286. The summed E-state index contributed by atoms with van der Waals surface area (Å²) in [5.41, 5.74) is 3.37. The van der Waals surface area contributed by atoms with Gasteiger partial charge in [0.1, 0.15) is 11.9 Å². The summed E-state index contributed by atoms with van der Waals surface area (Å²) in [7, 11) is 0. The van der Waals surface area contributed by atoms with Crippen LogP contribution in [0.25, 0.3) is 0 Å². The van der Waals surface area contributed by atoms with Gasteiger partial charge in [-0.25, -0.2) is 4.39 Å². The maximum absolute atomic E-state index is 14.2. The minimum Gasteiger partial charge on any atom is -0.355 e. The van der Waals surface area contributed by atoms with Gasteiger partial charge in [0.05, 0.1) is 5.75 Å². The van der Waals surface area contributed by atoms with Gasteiger partial charge in [-0.05, 0) is 37.1 Å². The van der Waals surface area contributed by atoms with Crippen LogP contribution in [0.1, 0.15) is 29.2 Å². The second-order valence-corrected chi connectivity index (χ2v) is 9.70. The number of nitrogens with zero attached hydrogens (tertiary/aromatic N) is 1. The zero-order valence-corrected chi connectivity index (χ0v) is 21.5. The number of hydrogen-bond donors (Lipinski definition) is 1. The molecule has 0 aliphatic rings. The van der Waals surface area contributed by atoms with Crippen molar-refractivity contribution in [2.75, 3.05) is 12.3 Å². The van der Waals surface area contributed by atoms with Crippen molar-refractivity contribution in [3.05, 3.63) is 106 Å². The Balaban J connectivity index is 1.85. The number of carbonyl (C=O) groups excluding carboxylic acids is 2. The molecule has 1 atom stereocenters. The molecule has 1 N–H and O–H groups in total. The summed E-state index contributed by atoms with van der Waals surface area (Å²) in [4.78, 5) is 28.3. The molecule has 3 aromatic rings. The van der Waals surface area contributed by atoms with Gasteiger partial charge in [0.25, 0.3) is 0 Å². The first-order valence-electron chi connectivity index (χ1n) is 11.6. The molecule has 0 bridgehead atoms. The van der Waals surface area contributed by atoms with Crippen molar-refractivity contribution < 1.29 is 14.0 Å². The standard InChI is InChI=1S/C28H30ClFN2O2S/c1-3-31-28(34)26(16-21-10-5-4-6-11-21)32(17-22-12-7-9-20(2)15-22)27(33)19-35-18-23-24(29)13-8-14-25(23)30/h4-15,26H,3,16-19H2,1-2H3,(H,31,34). The molecule has 35 heavy (non-hydrogen) atoms. The molecule has 1 unspecified atom stereocenters. The molecule has 2 amide bonds. The van der Waals surface area contributed by atoms with E-state index < -0.39 is 11.9 Å². The van der Waals surface area contributed by atoms with Crippen LogP contribution in [-0.2, 0) is 28.3 Å². The summed E-state index contributed by atoms with van der Waals surface area (Å²) in [6, 6.07) is 21.5. The van der Waals surface area contributed by atoms with Crippen LogP contribution < -0.4 is 5.32 Å². The van der Waals surface area contributed by atoms with Gasteiger partial charge >= 0.3 is 0 Å². The maximum atomic E-state index is 14.2. The lowest BCUT2D eigenvalue weighted by Crippen LogP contribution is -2.51. The van der Waals surface area contributed by atoms with Crippen LogP contribution in [0.4, 0.5) is 4.39 Å². The fourth-order valence-corrected chi connectivity index (χ4v) is 5.10. The molecule has 0 heterocycles. The third-order valence-corrected chi connectivity index (χ3v) is 6.89. The predicted octanol–water partition coefficient (Wildman–Crippen LogP) is 5.80. The van der Waals surface area contributed by atoms with E-state index in [0.717, 1.165) is 16.7 Å². The van der Waals surface area contributed by atoms with E-state index in [2.05, 4.69) is 5.32 Å². The summed E-state index contributed by atoms with van der Waals surface area (Å²) in [5.74, 6) is -0.407. The first-order chi connectivity index (χ1) is 16.9. The Bertz CT molecular complexity index is 1120. The highest BCUT2D eigenvalue weighted by atomic mass is 35.5. The van der Waals surface area contributed by atoms with Crippen LogP contribution in [0, 0.1) is 12.7 Å². The molecule has 0 fully saturated rings. The highest BCUT2D eigenvalue weighted by Crippen LogP contribution is 2.25. The lowest BCUT2D eigenvalue weighted by atomic mass is 10.0. The Labute approximate surface area is 215 Å². The highest BCUT2D eigenvalue weighted by molar-refractivity contribution is 7.99. The largest absolute Gasteiger partial charge is 0.355 e. The van der Waals surface area contributed by atoms with Crippen LogP contribution in [0.15, 0.2) is 72.8 Å². The number of carbonyl (C=O) groups is 2. The summed E-state index contributed by atoms with van der Waals surface area (Å²) in [6.45, 7) is 4.63. The van der Waals surface area contributed by atoms with E-state index >= 15 is 0 Å². The number of rotatable bonds is 11. The second-order valence-electron chi connectivity index (χ2n) is 8.30. The zero-order valence-electron chi connectivity index (χ0n) is 20.0. The molecular weight excluding hydrogens is 483 g/mol. The molecule has 0 spiro atoms. The molecule has 0 saturated heterocycles. The van der Waals surface area contributed by atoms with Gasteiger partial charge in [0.15, 0.2) is 0 Å². The van der Waals surface area contributed by atoms with Crippen LogP contribution >= 0.6 is 23.4 Å². The van der Waals surface area contributed by atoms with Crippen LogP contribution in [0.3, 0.4) is 0 Å². The lowest BCUT2D eigenvalue weighted by molar-refractivity contribution is -0.139.